The molecule has 1 aromatic heterocycles. The first-order valence-corrected chi connectivity index (χ1v) is 9.40. The van der Waals surface area contributed by atoms with Crippen molar-refractivity contribution in [3.05, 3.63) is 93.8 Å². The number of nitrogens with zero attached hydrogens (tertiary/aromatic N) is 2. The Kier molecular flexibility index (Phi) is 6.38. The molecule has 1 N–H and O–H groups in total. The van der Waals surface area contributed by atoms with Gasteiger partial charge in [0.05, 0.1) is 0 Å². The summed E-state index contributed by atoms with van der Waals surface area (Å²) in [7, 11) is 0. The second-order valence-electron chi connectivity index (χ2n) is 6.51. The van der Waals surface area contributed by atoms with Gasteiger partial charge in [-0.3, -0.25) is 14.9 Å². The molecule has 5 nitrogen and oxygen atoms in total. The van der Waals surface area contributed by atoms with Crippen LogP contribution in [0.2, 0.25) is 5.02 Å². The highest BCUT2D eigenvalue weighted by Gasteiger charge is 2.11. The van der Waals surface area contributed by atoms with Gasteiger partial charge in [0.2, 0.25) is 0 Å². The third-order valence-electron chi connectivity index (χ3n) is 4.39. The number of nitriles is 1. The molecule has 0 aliphatic carbocycles. The third-order valence-corrected chi connectivity index (χ3v) is 4.76. The molecule has 0 atom stereocenters. The number of rotatable bonds is 6. The number of hydrogen-bond donors (Lipinski definition) is 1. The zero-order valence-electron chi connectivity index (χ0n) is 16.1. The van der Waals surface area contributed by atoms with Crippen LogP contribution >= 0.6 is 11.6 Å². The molecule has 3 aromatic rings. The number of benzene rings is 2. The molecule has 0 aliphatic rings. The summed E-state index contributed by atoms with van der Waals surface area (Å²) < 4.78 is 7.40. The van der Waals surface area contributed by atoms with Crippen LogP contribution in [-0.4, -0.2) is 10.6 Å². The summed E-state index contributed by atoms with van der Waals surface area (Å²) in [6.07, 6.45) is 1.54. The average Bonchev–Trinajstić information content (AvgIpc) is 3.04. The number of carbonyl (C=O) groups excluding carboxylic acids is 1. The highest BCUT2D eigenvalue weighted by atomic mass is 35.5. The molecule has 146 valence electrons. The van der Waals surface area contributed by atoms with Gasteiger partial charge in [0, 0.05) is 22.0 Å². The number of nitrogens with one attached hydrogen (secondary N) is 1. The zero-order chi connectivity index (χ0) is 20.8. The first-order chi connectivity index (χ1) is 14.0. The summed E-state index contributed by atoms with van der Waals surface area (Å²) in [5, 5.41) is 10.0. The van der Waals surface area contributed by atoms with Crippen molar-refractivity contribution < 1.29 is 9.53 Å². The number of aryl methyl sites for hydroxylation is 2. The van der Waals surface area contributed by atoms with E-state index in [4.69, 9.17) is 16.3 Å². The fourth-order valence-corrected chi connectivity index (χ4v) is 2.95. The minimum atomic E-state index is -0.464. The van der Waals surface area contributed by atoms with Crippen LogP contribution in [0, 0.1) is 25.2 Å². The summed E-state index contributed by atoms with van der Waals surface area (Å²) in [6.45, 7) is 4.12. The lowest BCUT2D eigenvalue weighted by molar-refractivity contribution is -0.113. The van der Waals surface area contributed by atoms with Crippen LogP contribution in [0.15, 0.2) is 66.2 Å². The van der Waals surface area contributed by atoms with Gasteiger partial charge in [-0.25, -0.2) is 0 Å². The van der Waals surface area contributed by atoms with Crippen LogP contribution in [0.4, 0.5) is 0 Å². The van der Waals surface area contributed by atoms with E-state index in [-0.39, 0.29) is 5.57 Å². The maximum Gasteiger partial charge on any atom is 0.280 e. The highest BCUT2D eigenvalue weighted by Crippen LogP contribution is 2.20. The molecule has 0 aliphatic heterocycles. The highest BCUT2D eigenvalue weighted by molar-refractivity contribution is 6.31. The SMILES string of the molecule is Cc1ccc(C)n1NC(=O)/C(C#N)=C\c1ccc(OCc2ccccc2Cl)cc1. The smallest absolute Gasteiger partial charge is 0.280 e. The molecular weight excluding hydrogens is 386 g/mol. The molecule has 2 aromatic carbocycles. The van der Waals surface area contributed by atoms with Gasteiger partial charge in [-0.1, -0.05) is 41.9 Å². The van der Waals surface area contributed by atoms with Gasteiger partial charge in [0.25, 0.3) is 5.91 Å². The zero-order valence-corrected chi connectivity index (χ0v) is 16.9. The molecule has 1 heterocycles. The second-order valence-corrected chi connectivity index (χ2v) is 6.92. The van der Waals surface area contributed by atoms with Gasteiger partial charge < -0.3 is 4.74 Å². The lowest BCUT2D eigenvalue weighted by Gasteiger charge is -2.10. The van der Waals surface area contributed by atoms with Crippen LogP contribution in [0.5, 0.6) is 5.75 Å². The molecule has 29 heavy (non-hydrogen) atoms. The van der Waals surface area contributed by atoms with E-state index < -0.39 is 5.91 Å². The van der Waals surface area contributed by atoms with Crippen molar-refractivity contribution in [1.29, 1.82) is 5.26 Å². The first-order valence-electron chi connectivity index (χ1n) is 9.02. The summed E-state index contributed by atoms with van der Waals surface area (Å²) in [4.78, 5) is 12.4. The number of amides is 1. The Morgan fingerprint density at radius 3 is 2.38 bits per heavy atom. The van der Waals surface area contributed by atoms with Crippen LogP contribution in [-0.2, 0) is 11.4 Å². The predicted octanol–water partition coefficient (Wildman–Crippen LogP) is 5.01. The third kappa shape index (κ3) is 5.07. The Balaban J connectivity index is 1.68. The van der Waals surface area contributed by atoms with Gasteiger partial charge in [-0.2, -0.15) is 5.26 Å². The lowest BCUT2D eigenvalue weighted by Crippen LogP contribution is -2.25. The predicted molar refractivity (Wildman–Crippen MR) is 114 cm³/mol. The Hall–Kier alpha value is -3.49. The molecule has 1 amide bonds. The molecule has 0 spiro atoms. The standard InChI is InChI=1S/C23H20ClN3O2/c1-16-7-8-17(2)27(16)26-23(28)20(14-25)13-18-9-11-21(12-10-18)29-15-19-5-3-4-6-22(19)24/h3-13H,15H2,1-2H3,(H,26,28)/b20-13-. The van der Waals surface area contributed by atoms with Gasteiger partial charge in [-0.15, -0.1) is 0 Å². The van der Waals surface area contributed by atoms with Crippen LogP contribution in [0.3, 0.4) is 0 Å². The summed E-state index contributed by atoms with van der Waals surface area (Å²) in [5.74, 6) is 0.206. The van der Waals surface area contributed by atoms with Gasteiger partial charge >= 0.3 is 0 Å². The monoisotopic (exact) mass is 405 g/mol. The number of hydrogen-bond acceptors (Lipinski definition) is 3. The Morgan fingerprint density at radius 1 is 1.10 bits per heavy atom. The van der Waals surface area contributed by atoms with E-state index >= 15 is 0 Å². The first kappa shape index (κ1) is 20.2. The van der Waals surface area contributed by atoms with Gasteiger partial charge in [-0.05, 0) is 55.8 Å². The van der Waals surface area contributed by atoms with Gasteiger partial charge in [0.1, 0.15) is 24.0 Å². The Bertz CT molecular complexity index is 1070. The molecule has 6 heteroatoms. The van der Waals surface area contributed by atoms with Crippen molar-refractivity contribution in [3.63, 3.8) is 0 Å². The fourth-order valence-electron chi connectivity index (χ4n) is 2.76. The molecular formula is C23H20ClN3O2. The van der Waals surface area contributed by atoms with Crippen molar-refractivity contribution in [3.8, 4) is 11.8 Å². The number of ether oxygens (including phenoxy) is 1. The average molecular weight is 406 g/mol. The number of aromatic nitrogens is 1. The largest absolute Gasteiger partial charge is 0.489 e. The molecule has 0 saturated carbocycles. The van der Waals surface area contributed by atoms with Crippen LogP contribution in [0.1, 0.15) is 22.5 Å². The van der Waals surface area contributed by atoms with E-state index in [0.29, 0.717) is 17.4 Å². The van der Waals surface area contributed by atoms with Crippen LogP contribution < -0.4 is 10.2 Å². The van der Waals surface area contributed by atoms with E-state index in [2.05, 4.69) is 5.43 Å². The summed E-state index contributed by atoms with van der Waals surface area (Å²) in [5.41, 5.74) is 6.14. The quantitative estimate of drug-likeness (QED) is 0.462. The molecule has 0 unspecified atom stereocenters. The van der Waals surface area contributed by atoms with E-state index in [0.717, 1.165) is 22.5 Å². The fraction of sp³-hybridized carbons (Fsp3) is 0.130. The Labute approximate surface area is 174 Å². The second kappa shape index (κ2) is 9.13. The minimum absolute atomic E-state index is 0.0160. The van der Waals surface area contributed by atoms with E-state index in [1.165, 1.54) is 0 Å². The molecule has 0 fully saturated rings. The summed E-state index contributed by atoms with van der Waals surface area (Å²) in [6, 6.07) is 20.4. The number of halogens is 1. The molecule has 0 saturated heterocycles. The molecule has 0 radical (unpaired) electrons. The topological polar surface area (TPSA) is 67.0 Å². The van der Waals surface area contributed by atoms with Crippen molar-refractivity contribution in [2.24, 2.45) is 0 Å². The van der Waals surface area contributed by atoms with Crippen molar-refractivity contribution in [2.75, 3.05) is 5.43 Å². The minimum Gasteiger partial charge on any atom is -0.489 e. The molecule has 0 bridgehead atoms. The Morgan fingerprint density at radius 2 is 1.76 bits per heavy atom. The van der Waals surface area contributed by atoms with Gasteiger partial charge in [0.15, 0.2) is 0 Å². The van der Waals surface area contributed by atoms with Crippen molar-refractivity contribution >= 4 is 23.6 Å². The van der Waals surface area contributed by atoms with Crippen molar-refractivity contribution in [2.45, 2.75) is 20.5 Å². The number of carbonyl (C=O) groups is 1. The van der Waals surface area contributed by atoms with E-state index in [1.54, 1.807) is 35.0 Å². The summed E-state index contributed by atoms with van der Waals surface area (Å²) >= 11 is 6.13. The van der Waals surface area contributed by atoms with E-state index in [1.807, 2.05) is 56.3 Å². The molecule has 3 rings (SSSR count). The maximum atomic E-state index is 12.4. The van der Waals surface area contributed by atoms with Crippen molar-refractivity contribution in [1.82, 2.24) is 4.68 Å². The lowest BCUT2D eigenvalue weighted by atomic mass is 10.1. The normalized spacial score (nSPS) is 11.0. The van der Waals surface area contributed by atoms with Crippen LogP contribution in [0.25, 0.3) is 6.08 Å². The van der Waals surface area contributed by atoms with E-state index in [9.17, 15) is 10.1 Å². The maximum absolute atomic E-state index is 12.4.